The first-order chi connectivity index (χ1) is 51.7. The van der Waals surface area contributed by atoms with Gasteiger partial charge in [0.15, 0.2) is 12.2 Å². The second kappa shape index (κ2) is 78.3. The molecule has 0 aliphatic rings. The summed E-state index contributed by atoms with van der Waals surface area (Å²) >= 11 is 0. The molecule has 0 rings (SSSR count). The largest absolute Gasteiger partial charge is 0.472 e. The van der Waals surface area contributed by atoms with Crippen LogP contribution in [-0.2, 0) is 65.4 Å². The van der Waals surface area contributed by atoms with E-state index in [1.807, 2.05) is 18.2 Å². The van der Waals surface area contributed by atoms with E-state index in [0.29, 0.717) is 32.1 Å². The van der Waals surface area contributed by atoms with E-state index < -0.39 is 97.5 Å². The van der Waals surface area contributed by atoms with Crippen LogP contribution >= 0.6 is 15.6 Å². The molecule has 0 aromatic carbocycles. The maximum absolute atomic E-state index is 13.1. The van der Waals surface area contributed by atoms with Crippen molar-refractivity contribution in [1.29, 1.82) is 0 Å². The molecule has 0 saturated heterocycles. The number of hydrogen-bond acceptors (Lipinski definition) is 15. The molecule has 106 heavy (non-hydrogen) atoms. The molecule has 0 radical (unpaired) electrons. The lowest BCUT2D eigenvalue weighted by Crippen LogP contribution is -2.30. The third-order valence-corrected chi connectivity index (χ3v) is 19.0. The molecule has 0 spiro atoms. The minimum atomic E-state index is -5.00. The van der Waals surface area contributed by atoms with E-state index in [9.17, 15) is 43.2 Å². The Bertz CT molecular complexity index is 2530. The second-order valence-electron chi connectivity index (χ2n) is 27.3. The van der Waals surface area contributed by atoms with Crippen molar-refractivity contribution in [3.05, 3.63) is 134 Å². The van der Waals surface area contributed by atoms with Crippen LogP contribution in [0.15, 0.2) is 134 Å². The summed E-state index contributed by atoms with van der Waals surface area (Å²) in [6.07, 6.45) is 88.6. The summed E-state index contributed by atoms with van der Waals surface area (Å²) in [5.41, 5.74) is 0. The summed E-state index contributed by atoms with van der Waals surface area (Å²) in [7, 11) is -9.99. The minimum Gasteiger partial charge on any atom is -0.462 e. The lowest BCUT2D eigenvalue weighted by Gasteiger charge is -2.21. The Morgan fingerprint density at radius 1 is 0.274 bits per heavy atom. The Hall–Kier alpha value is -4.80. The van der Waals surface area contributed by atoms with Crippen molar-refractivity contribution in [2.45, 2.75) is 354 Å². The first-order valence-corrected chi connectivity index (χ1v) is 44.4. The number of esters is 4. The first-order valence-electron chi connectivity index (χ1n) is 41.4. The highest BCUT2D eigenvalue weighted by Crippen LogP contribution is 2.45. The maximum Gasteiger partial charge on any atom is 0.472 e. The van der Waals surface area contributed by atoms with Gasteiger partial charge in [-0.2, -0.15) is 0 Å². The Balaban J connectivity index is 5.44. The van der Waals surface area contributed by atoms with Gasteiger partial charge in [0.25, 0.3) is 0 Å². The molecule has 19 heteroatoms. The van der Waals surface area contributed by atoms with Crippen LogP contribution in [0.5, 0.6) is 0 Å². The lowest BCUT2D eigenvalue weighted by molar-refractivity contribution is -0.161. The number of phosphoric acid groups is 2. The van der Waals surface area contributed by atoms with Gasteiger partial charge >= 0.3 is 39.5 Å². The predicted octanol–water partition coefficient (Wildman–Crippen LogP) is 24.4. The van der Waals surface area contributed by atoms with Gasteiger partial charge in [0.2, 0.25) is 0 Å². The van der Waals surface area contributed by atoms with Crippen molar-refractivity contribution >= 4 is 39.5 Å². The molecule has 0 amide bonds. The zero-order valence-electron chi connectivity index (χ0n) is 66.6. The summed E-state index contributed by atoms with van der Waals surface area (Å²) in [6.45, 7) is 4.56. The normalized spacial score (nSPS) is 14.5. The SMILES string of the molecule is CC/C=C\C/C=C\C/C=C\C/C=C\C/C=C\C/C=C\CCC(=O)OCC(COP(=O)(O)OCC(O)COP(=O)(O)OCC(COC(=O)CCCCCCCCC/C=C\C/C=C\C/C=C\CC)OC(=O)CCCCCCC/C=C\CCCCCCCC)OC(=O)CCCCCCC/C=C\CCCCCCCC. The van der Waals surface area contributed by atoms with E-state index in [-0.39, 0.29) is 25.7 Å². The number of ether oxygens (including phenoxy) is 4. The molecular weight excluding hydrogens is 1380 g/mol. The Kier molecular flexibility index (Phi) is 74.8. The summed E-state index contributed by atoms with van der Waals surface area (Å²) in [4.78, 5) is 73.1. The average molecular weight is 1530 g/mol. The van der Waals surface area contributed by atoms with E-state index in [1.165, 1.54) is 77.0 Å². The third kappa shape index (κ3) is 77.4. The quantitative estimate of drug-likeness (QED) is 0.0169. The summed E-state index contributed by atoms with van der Waals surface area (Å²) in [5, 5.41) is 10.7. The number of carbonyl (C=O) groups excluding carboxylic acids is 4. The summed E-state index contributed by atoms with van der Waals surface area (Å²) < 4.78 is 68.6. The smallest absolute Gasteiger partial charge is 0.462 e. The average Bonchev–Trinajstić information content (AvgIpc) is 0.909. The van der Waals surface area contributed by atoms with E-state index in [0.717, 1.165) is 173 Å². The van der Waals surface area contributed by atoms with Gasteiger partial charge in [-0.1, -0.05) is 296 Å². The molecule has 0 aliphatic heterocycles. The fraction of sp³-hybridized carbons (Fsp3) is 0.701. The number of aliphatic hydroxyl groups excluding tert-OH is 1. The van der Waals surface area contributed by atoms with Gasteiger partial charge in [-0.25, -0.2) is 9.13 Å². The molecular formula is C87H148O17P2. The highest BCUT2D eigenvalue weighted by molar-refractivity contribution is 7.47. The van der Waals surface area contributed by atoms with E-state index in [1.54, 1.807) is 0 Å². The highest BCUT2D eigenvalue weighted by Gasteiger charge is 2.30. The molecule has 608 valence electrons. The number of allylic oxidation sites excluding steroid dienone is 22. The topological polar surface area (TPSA) is 237 Å². The van der Waals surface area contributed by atoms with Crippen LogP contribution in [0.1, 0.15) is 336 Å². The molecule has 3 N–H and O–H groups in total. The van der Waals surface area contributed by atoms with Crippen molar-refractivity contribution in [3.63, 3.8) is 0 Å². The number of unbranched alkanes of at least 4 members (excludes halogenated alkanes) is 29. The van der Waals surface area contributed by atoms with E-state index in [4.69, 9.17) is 37.0 Å². The zero-order chi connectivity index (χ0) is 77.4. The predicted molar refractivity (Wildman–Crippen MR) is 436 cm³/mol. The Labute approximate surface area is 644 Å². The van der Waals surface area contributed by atoms with E-state index >= 15 is 0 Å². The highest BCUT2D eigenvalue weighted by atomic mass is 31.2. The molecule has 5 atom stereocenters. The van der Waals surface area contributed by atoms with Crippen LogP contribution in [0.4, 0.5) is 0 Å². The molecule has 17 nitrogen and oxygen atoms in total. The molecule has 5 unspecified atom stereocenters. The van der Waals surface area contributed by atoms with Crippen LogP contribution < -0.4 is 0 Å². The van der Waals surface area contributed by atoms with Gasteiger partial charge in [-0.15, -0.1) is 0 Å². The number of carbonyl (C=O) groups is 4. The minimum absolute atomic E-state index is 0.0324. The molecule has 0 aliphatic carbocycles. The number of phosphoric ester groups is 2. The number of hydrogen-bond donors (Lipinski definition) is 3. The molecule has 0 aromatic heterocycles. The Morgan fingerprint density at radius 3 is 0.821 bits per heavy atom. The Morgan fingerprint density at radius 2 is 0.509 bits per heavy atom. The second-order valence-corrected chi connectivity index (χ2v) is 30.2. The van der Waals surface area contributed by atoms with Gasteiger partial charge in [-0.3, -0.25) is 37.3 Å². The first kappa shape index (κ1) is 101. The van der Waals surface area contributed by atoms with Crippen molar-refractivity contribution in [1.82, 2.24) is 0 Å². The maximum atomic E-state index is 13.1. The van der Waals surface area contributed by atoms with Gasteiger partial charge in [0, 0.05) is 25.7 Å². The standard InChI is InChI=1S/C87H148O17P2/c1-5-9-13-17-21-25-29-33-37-39-40-42-46-48-52-56-60-64-68-72-85(90)98-78-83(104-87(92)74-70-66-62-58-54-50-44-36-32-28-24-20-16-12-8-4)80-102-106(95,96)100-76-81(88)75-99-105(93,94)101-79-82(103-86(91)73-69-65-61-57-53-49-43-35-31-27-23-19-15-11-7-3)77-97-84(89)71-67-63-59-55-51-47-45-41-38-34-30-26-22-18-14-10-6-2/h9-10,13-14,21-22,25-26,33-38,40,42-44,48,52,60,64,81-83,88H,5-8,11-12,15-20,23-24,27-32,39,41,45-47,49-51,53-59,61-63,65-80H2,1-4H3,(H,93,94)(H,95,96)/b13-9-,14-10-,25-21-,26-22-,37-33-,38-34-,42-40-,43-35-,44-36-,52-48-,64-60-. The number of rotatable bonds is 77. The third-order valence-electron chi connectivity index (χ3n) is 17.1. The molecule has 0 aromatic rings. The van der Waals surface area contributed by atoms with Gasteiger partial charge in [-0.05, 0) is 148 Å². The number of aliphatic hydroxyl groups is 1. The lowest BCUT2D eigenvalue weighted by atomic mass is 10.1. The van der Waals surface area contributed by atoms with Crippen LogP contribution in [0.25, 0.3) is 0 Å². The van der Waals surface area contributed by atoms with Gasteiger partial charge < -0.3 is 33.8 Å². The summed E-state index contributed by atoms with van der Waals surface area (Å²) in [6, 6.07) is 0. The van der Waals surface area contributed by atoms with Crippen molar-refractivity contribution in [3.8, 4) is 0 Å². The van der Waals surface area contributed by atoms with Crippen molar-refractivity contribution in [2.75, 3.05) is 39.6 Å². The zero-order valence-corrected chi connectivity index (χ0v) is 68.4. The fourth-order valence-corrected chi connectivity index (χ4v) is 12.4. The van der Waals surface area contributed by atoms with Crippen LogP contribution in [0, 0.1) is 0 Å². The molecule has 0 heterocycles. The fourth-order valence-electron chi connectivity index (χ4n) is 10.8. The van der Waals surface area contributed by atoms with Gasteiger partial charge in [0.1, 0.15) is 19.3 Å². The van der Waals surface area contributed by atoms with Crippen molar-refractivity contribution < 1.29 is 80.2 Å². The van der Waals surface area contributed by atoms with E-state index in [2.05, 4.69) is 143 Å². The van der Waals surface area contributed by atoms with Crippen LogP contribution in [0.3, 0.4) is 0 Å². The van der Waals surface area contributed by atoms with Crippen molar-refractivity contribution in [2.24, 2.45) is 0 Å². The molecule has 0 saturated carbocycles. The van der Waals surface area contributed by atoms with Gasteiger partial charge in [0.05, 0.1) is 26.4 Å². The van der Waals surface area contributed by atoms with Crippen LogP contribution in [-0.4, -0.2) is 96.7 Å². The molecule has 0 fully saturated rings. The summed E-state index contributed by atoms with van der Waals surface area (Å²) in [5.74, 6) is -2.29. The monoisotopic (exact) mass is 1530 g/mol. The van der Waals surface area contributed by atoms with Crippen LogP contribution in [0.2, 0.25) is 0 Å². The molecule has 0 bridgehead atoms.